The second-order valence-electron chi connectivity index (χ2n) is 10.9. The minimum Gasteiger partial charge on any atom is -0.386 e. The van der Waals surface area contributed by atoms with Gasteiger partial charge in [-0.15, -0.1) is 0 Å². The molecule has 10 nitrogen and oxygen atoms in total. The summed E-state index contributed by atoms with van der Waals surface area (Å²) in [6, 6.07) is 8.81. The molecular formula is C32H34F3N7O3. The molecule has 1 aliphatic rings. The number of fused-ring (bicyclic) bond motifs is 1. The molecule has 0 bridgehead atoms. The van der Waals surface area contributed by atoms with Gasteiger partial charge in [0, 0.05) is 16.8 Å². The molecule has 4 N–H and O–H groups in total. The fourth-order valence-electron chi connectivity index (χ4n) is 4.81. The second-order valence-corrected chi connectivity index (χ2v) is 10.9. The van der Waals surface area contributed by atoms with E-state index in [2.05, 4.69) is 39.1 Å². The van der Waals surface area contributed by atoms with Gasteiger partial charge in [-0.1, -0.05) is 18.1 Å². The molecule has 1 amide bonds. The summed E-state index contributed by atoms with van der Waals surface area (Å²) >= 11 is 0. The van der Waals surface area contributed by atoms with Crippen LogP contribution in [0.15, 0.2) is 42.7 Å². The van der Waals surface area contributed by atoms with Crippen molar-refractivity contribution < 1.29 is 27.9 Å². The number of amides is 1. The van der Waals surface area contributed by atoms with Crippen molar-refractivity contribution in [2.24, 2.45) is 0 Å². The summed E-state index contributed by atoms with van der Waals surface area (Å²) in [5.74, 6) is 5.87. The number of halogens is 3. The average molecular weight is 622 g/mol. The van der Waals surface area contributed by atoms with Gasteiger partial charge >= 0.3 is 6.18 Å². The number of hydrogen-bond acceptors (Lipinski definition) is 8. The first kappa shape index (κ1) is 33.1. The third kappa shape index (κ3) is 8.03. The number of carbonyl (C=O) groups excluding carboxylic acids is 2. The maximum atomic E-state index is 13.3. The number of hydrogen-bond donors (Lipinski definition) is 3. The quantitative estimate of drug-likeness (QED) is 0.223. The van der Waals surface area contributed by atoms with E-state index in [4.69, 9.17) is 15.9 Å². The van der Waals surface area contributed by atoms with Gasteiger partial charge in [-0.25, -0.2) is 14.6 Å². The molecule has 0 spiro atoms. The van der Waals surface area contributed by atoms with Crippen molar-refractivity contribution in [2.75, 3.05) is 31.2 Å². The summed E-state index contributed by atoms with van der Waals surface area (Å²) < 4.78 is 41.8. The molecule has 0 unspecified atom stereocenters. The molecule has 236 valence electrons. The fourth-order valence-corrected chi connectivity index (χ4v) is 4.81. The van der Waals surface area contributed by atoms with Crippen molar-refractivity contribution >= 4 is 34.7 Å². The molecule has 3 heterocycles. The van der Waals surface area contributed by atoms with Crippen LogP contribution in [0.2, 0.25) is 0 Å². The third-order valence-corrected chi connectivity index (χ3v) is 7.37. The number of anilines is 2. The lowest BCUT2D eigenvalue weighted by atomic mass is 10.0. The number of nitrogens with one attached hydrogen (secondary N) is 1. The number of aldehydes is 1. The first-order valence-electron chi connectivity index (χ1n) is 14.2. The number of carbonyl (C=O) groups is 2. The normalized spacial score (nSPS) is 14.6. The zero-order chi connectivity index (χ0) is 32.9. The van der Waals surface area contributed by atoms with Crippen LogP contribution < -0.4 is 11.1 Å². The van der Waals surface area contributed by atoms with E-state index in [0.717, 1.165) is 37.6 Å². The fraction of sp³-hybridized carbons (Fsp3) is 0.344. The Bertz CT molecular complexity index is 1770. The first-order valence-corrected chi connectivity index (χ1v) is 14.2. The van der Waals surface area contributed by atoms with Crippen LogP contribution in [0.5, 0.6) is 0 Å². The maximum Gasteiger partial charge on any atom is 0.416 e. The monoisotopic (exact) mass is 621 g/mol. The topological polar surface area (TPSA) is 139 Å². The van der Waals surface area contributed by atoms with Gasteiger partial charge in [0.1, 0.15) is 30.2 Å². The van der Waals surface area contributed by atoms with Crippen molar-refractivity contribution in [1.29, 1.82) is 0 Å². The van der Waals surface area contributed by atoms with Gasteiger partial charge in [0.05, 0.1) is 17.0 Å². The number of piperidine rings is 1. The van der Waals surface area contributed by atoms with Gasteiger partial charge in [-0.3, -0.25) is 4.79 Å². The number of nitrogens with two attached hydrogens (primary N) is 1. The van der Waals surface area contributed by atoms with Gasteiger partial charge in [-0.2, -0.15) is 18.3 Å². The molecule has 4 aromatic rings. The van der Waals surface area contributed by atoms with E-state index in [-0.39, 0.29) is 17.2 Å². The number of aliphatic hydroxyl groups excluding tert-OH is 1. The Labute approximate surface area is 258 Å². The largest absolute Gasteiger partial charge is 0.416 e. The Kier molecular flexibility index (Phi) is 10.2. The number of likely N-dealkylation sites (tertiary alicyclic amines) is 1. The number of aliphatic hydroxyl groups is 1. The number of aromatic nitrogens is 4. The van der Waals surface area contributed by atoms with E-state index in [1.807, 2.05) is 11.6 Å². The van der Waals surface area contributed by atoms with Gasteiger partial charge in [-0.05, 0) is 95.1 Å². The first-order chi connectivity index (χ1) is 21.3. The lowest BCUT2D eigenvalue weighted by Gasteiger charge is -2.29. The highest BCUT2D eigenvalue weighted by Crippen LogP contribution is 2.33. The number of aryl methyl sites for hydroxylation is 2. The summed E-state index contributed by atoms with van der Waals surface area (Å²) in [6.07, 6.45) is -1.60. The highest BCUT2D eigenvalue weighted by atomic mass is 19.4. The van der Waals surface area contributed by atoms with E-state index in [1.165, 1.54) is 32.3 Å². The Hall–Kier alpha value is -4.80. The van der Waals surface area contributed by atoms with Crippen LogP contribution in [0.3, 0.4) is 0 Å². The molecule has 2 aromatic carbocycles. The molecule has 0 radical (unpaired) electrons. The Morgan fingerprint density at radius 1 is 1.11 bits per heavy atom. The lowest BCUT2D eigenvalue weighted by Crippen LogP contribution is -2.32. The van der Waals surface area contributed by atoms with Crippen LogP contribution in [-0.2, 0) is 11.0 Å². The number of alkyl halides is 3. The molecule has 5 rings (SSSR count). The minimum atomic E-state index is -4.55. The number of nitrogens with zero attached hydrogens (tertiary/aromatic N) is 5. The summed E-state index contributed by atoms with van der Waals surface area (Å²) in [6.45, 7) is 6.54. The van der Waals surface area contributed by atoms with Crippen molar-refractivity contribution in [1.82, 2.24) is 24.6 Å². The summed E-state index contributed by atoms with van der Waals surface area (Å²) in [5.41, 5.74) is 8.29. The predicted octanol–water partition coefficient (Wildman–Crippen LogP) is 4.53. The van der Waals surface area contributed by atoms with Crippen LogP contribution in [0.4, 0.5) is 24.7 Å². The van der Waals surface area contributed by atoms with Crippen LogP contribution in [0.1, 0.15) is 64.1 Å². The highest BCUT2D eigenvalue weighted by Gasteiger charge is 2.33. The molecule has 1 aliphatic heterocycles. The van der Waals surface area contributed by atoms with Crippen LogP contribution >= 0.6 is 0 Å². The predicted molar refractivity (Wildman–Crippen MR) is 165 cm³/mol. The Morgan fingerprint density at radius 2 is 1.78 bits per heavy atom. The molecule has 0 saturated carbocycles. The number of rotatable bonds is 4. The second kappa shape index (κ2) is 13.9. The number of benzene rings is 2. The zero-order valence-electron chi connectivity index (χ0n) is 25.3. The van der Waals surface area contributed by atoms with Gasteiger partial charge in [0.15, 0.2) is 5.65 Å². The Morgan fingerprint density at radius 3 is 2.42 bits per heavy atom. The summed E-state index contributed by atoms with van der Waals surface area (Å²) in [4.78, 5) is 32.9. The van der Waals surface area contributed by atoms with Crippen molar-refractivity contribution in [3.63, 3.8) is 0 Å². The standard InChI is InChI=1S/C29H28F3N7O.C3H6O2/c1-17-5-8-21(36-28(40)20-6-4-18(2)23(15-20)29(30,31)32)14-19(17)7-9-24-25-26(33)34-16-35-27(25)39(37-24)22-10-12-38(3)13-11-22;1-3(5)2-4/h4-6,8,14-16,22H,10-13H2,1-3H3,(H,36,40)(H2,33,34,35);2-3,5H,1H3/t;3-/m.0/s1. The van der Waals surface area contributed by atoms with Crippen LogP contribution in [0, 0.1) is 25.7 Å². The van der Waals surface area contributed by atoms with Crippen LogP contribution in [-0.4, -0.2) is 68.2 Å². The molecule has 2 aromatic heterocycles. The lowest BCUT2D eigenvalue weighted by molar-refractivity contribution is -0.138. The molecule has 0 aliphatic carbocycles. The van der Waals surface area contributed by atoms with Crippen molar-refractivity contribution in [3.05, 3.63) is 76.2 Å². The SMILES string of the molecule is C[C@H](O)C=O.Cc1ccc(NC(=O)c2ccc(C)c(C(F)(F)F)c2)cc1C#Cc1nn(C2CCN(C)CC2)c2ncnc(N)c12. The number of nitrogen functional groups attached to an aromatic ring is 1. The molecule has 1 fully saturated rings. The summed E-state index contributed by atoms with van der Waals surface area (Å²) in [5, 5.41) is 16.0. The van der Waals surface area contributed by atoms with Crippen molar-refractivity contribution in [3.8, 4) is 11.8 Å². The van der Waals surface area contributed by atoms with Gasteiger partial charge in [0.2, 0.25) is 0 Å². The van der Waals surface area contributed by atoms with Gasteiger partial charge < -0.3 is 25.9 Å². The van der Waals surface area contributed by atoms with E-state index >= 15 is 0 Å². The molecule has 45 heavy (non-hydrogen) atoms. The zero-order valence-corrected chi connectivity index (χ0v) is 25.3. The molecular weight excluding hydrogens is 587 g/mol. The van der Waals surface area contributed by atoms with E-state index in [1.54, 1.807) is 18.2 Å². The highest BCUT2D eigenvalue weighted by molar-refractivity contribution is 6.04. The van der Waals surface area contributed by atoms with E-state index in [9.17, 15) is 22.8 Å². The minimum absolute atomic E-state index is 0.0498. The van der Waals surface area contributed by atoms with E-state index < -0.39 is 23.8 Å². The maximum absolute atomic E-state index is 13.3. The smallest absolute Gasteiger partial charge is 0.386 e. The van der Waals surface area contributed by atoms with Crippen molar-refractivity contribution in [2.45, 2.75) is 51.9 Å². The molecule has 13 heteroatoms. The molecule has 1 saturated heterocycles. The summed E-state index contributed by atoms with van der Waals surface area (Å²) in [7, 11) is 2.09. The molecule has 1 atom stereocenters. The Balaban J connectivity index is 0.000000854. The third-order valence-electron chi connectivity index (χ3n) is 7.37. The van der Waals surface area contributed by atoms with E-state index in [0.29, 0.717) is 40.1 Å². The van der Waals surface area contributed by atoms with Gasteiger partial charge in [0.25, 0.3) is 5.91 Å². The average Bonchev–Trinajstić information content (AvgIpc) is 3.37. The van der Waals surface area contributed by atoms with Crippen LogP contribution in [0.25, 0.3) is 11.0 Å².